The van der Waals surface area contributed by atoms with Gasteiger partial charge in [-0.2, -0.15) is 4.31 Å². The first kappa shape index (κ1) is 22.6. The third kappa shape index (κ3) is 5.96. The third-order valence-electron chi connectivity index (χ3n) is 4.95. The summed E-state index contributed by atoms with van der Waals surface area (Å²) in [5.41, 5.74) is 3.07. The average molecular weight is 439 g/mol. The number of carbonyl (C=O) groups excluding carboxylic acids is 1. The molecule has 0 N–H and O–H groups in total. The van der Waals surface area contributed by atoms with Crippen molar-refractivity contribution in [2.45, 2.75) is 31.3 Å². The maximum Gasteiger partial charge on any atom is 0.244 e. The minimum absolute atomic E-state index is 0.0549. The lowest BCUT2D eigenvalue weighted by Crippen LogP contribution is -2.40. The van der Waals surface area contributed by atoms with Crippen LogP contribution in [0.4, 0.5) is 0 Å². The number of pyridine rings is 2. The van der Waals surface area contributed by atoms with Gasteiger partial charge in [0.25, 0.3) is 0 Å². The lowest BCUT2D eigenvalue weighted by molar-refractivity contribution is -0.132. The Bertz CT molecular complexity index is 1090. The fourth-order valence-electron chi connectivity index (χ4n) is 3.10. The van der Waals surface area contributed by atoms with E-state index in [1.54, 1.807) is 23.4 Å². The summed E-state index contributed by atoms with van der Waals surface area (Å²) in [5, 5.41) is 0. The van der Waals surface area contributed by atoms with Crippen LogP contribution in [0.3, 0.4) is 0 Å². The summed E-state index contributed by atoms with van der Waals surface area (Å²) in [6.45, 7) is 2.53. The summed E-state index contributed by atoms with van der Waals surface area (Å²) in [6.07, 6.45) is 7.10. The van der Waals surface area contributed by atoms with Crippen molar-refractivity contribution >= 4 is 15.9 Å². The van der Waals surface area contributed by atoms with Gasteiger partial charge in [0.05, 0.1) is 6.54 Å². The highest BCUT2D eigenvalue weighted by atomic mass is 32.2. The monoisotopic (exact) mass is 438 g/mol. The van der Waals surface area contributed by atoms with Crippen LogP contribution >= 0.6 is 0 Å². The first-order valence-corrected chi connectivity index (χ1v) is 11.4. The smallest absolute Gasteiger partial charge is 0.244 e. The minimum atomic E-state index is -3.81. The van der Waals surface area contributed by atoms with Crippen LogP contribution in [0.1, 0.15) is 23.6 Å². The fraction of sp³-hybridized carbons (Fsp3) is 0.261. The van der Waals surface area contributed by atoms with E-state index in [0.717, 1.165) is 21.9 Å². The summed E-state index contributed by atoms with van der Waals surface area (Å²) >= 11 is 0. The zero-order valence-corrected chi connectivity index (χ0v) is 18.5. The number of rotatable bonds is 9. The van der Waals surface area contributed by atoms with Crippen LogP contribution in [0.2, 0.25) is 0 Å². The molecular formula is C23H26N4O3S. The number of aromatic nitrogens is 2. The van der Waals surface area contributed by atoms with Crippen molar-refractivity contribution in [3.8, 4) is 0 Å². The van der Waals surface area contributed by atoms with E-state index in [1.807, 2.05) is 36.4 Å². The largest absolute Gasteiger partial charge is 0.333 e. The van der Waals surface area contributed by atoms with E-state index in [9.17, 15) is 13.2 Å². The number of hydrogen-bond donors (Lipinski definition) is 0. The summed E-state index contributed by atoms with van der Waals surface area (Å²) in [5.74, 6) is -0.293. The van der Waals surface area contributed by atoms with Crippen LogP contribution in [0.25, 0.3) is 0 Å². The van der Waals surface area contributed by atoms with Gasteiger partial charge in [0.1, 0.15) is 4.90 Å². The third-order valence-corrected chi connectivity index (χ3v) is 6.74. The SMILES string of the molecule is CCc1ccc(CN(Cc2cccnc2)C(=O)CN(C)S(=O)(=O)c2cccnc2)cc1. The van der Waals surface area contributed by atoms with E-state index >= 15 is 0 Å². The van der Waals surface area contributed by atoms with Gasteiger partial charge in [0.2, 0.25) is 15.9 Å². The molecule has 0 fully saturated rings. The van der Waals surface area contributed by atoms with Crippen molar-refractivity contribution in [2.24, 2.45) is 0 Å². The molecule has 0 saturated carbocycles. The number of benzene rings is 1. The second kappa shape index (κ2) is 10.3. The highest BCUT2D eigenvalue weighted by molar-refractivity contribution is 7.89. The Labute approximate surface area is 183 Å². The molecule has 0 atom stereocenters. The van der Waals surface area contributed by atoms with Gasteiger partial charge in [0, 0.05) is 44.9 Å². The second-order valence-corrected chi connectivity index (χ2v) is 9.28. The van der Waals surface area contributed by atoms with Crippen molar-refractivity contribution in [2.75, 3.05) is 13.6 Å². The van der Waals surface area contributed by atoms with Crippen LogP contribution < -0.4 is 0 Å². The Balaban J connectivity index is 1.79. The molecule has 0 spiro atoms. The van der Waals surface area contributed by atoms with Gasteiger partial charge < -0.3 is 4.90 Å². The topological polar surface area (TPSA) is 83.5 Å². The summed E-state index contributed by atoms with van der Waals surface area (Å²) in [6, 6.07) is 14.8. The molecule has 3 aromatic rings. The van der Waals surface area contributed by atoms with Gasteiger partial charge >= 0.3 is 0 Å². The standard InChI is InChI=1S/C23H26N4O3S/c1-3-19-8-10-20(11-9-19)16-27(17-21-6-4-12-24-14-21)23(28)18-26(2)31(29,30)22-7-5-13-25-15-22/h4-15H,3,16-18H2,1-2H3. The predicted octanol–water partition coefficient (Wildman–Crippen LogP) is 2.89. The van der Waals surface area contributed by atoms with E-state index in [4.69, 9.17) is 0 Å². The van der Waals surface area contributed by atoms with Crippen molar-refractivity contribution in [3.05, 3.63) is 90.0 Å². The van der Waals surface area contributed by atoms with Gasteiger partial charge in [-0.25, -0.2) is 8.42 Å². The highest BCUT2D eigenvalue weighted by Gasteiger charge is 2.25. The first-order valence-electron chi connectivity index (χ1n) is 10.0. The Hall–Kier alpha value is -3.10. The number of likely N-dealkylation sites (N-methyl/N-ethyl adjacent to an activating group) is 1. The van der Waals surface area contributed by atoms with E-state index < -0.39 is 10.0 Å². The summed E-state index contributed by atoms with van der Waals surface area (Å²) < 4.78 is 26.6. The Morgan fingerprint density at radius 1 is 0.871 bits per heavy atom. The molecule has 0 bridgehead atoms. The second-order valence-electron chi connectivity index (χ2n) is 7.23. The molecular weight excluding hydrogens is 412 g/mol. The molecule has 0 radical (unpaired) electrons. The maximum atomic E-state index is 13.1. The molecule has 3 rings (SSSR count). The predicted molar refractivity (Wildman–Crippen MR) is 118 cm³/mol. The van der Waals surface area contributed by atoms with Crippen molar-refractivity contribution in [1.82, 2.24) is 19.2 Å². The first-order chi connectivity index (χ1) is 14.9. The number of amides is 1. The van der Waals surface area contributed by atoms with Crippen molar-refractivity contribution < 1.29 is 13.2 Å². The molecule has 1 amide bonds. The Morgan fingerprint density at radius 2 is 1.48 bits per heavy atom. The summed E-state index contributed by atoms with van der Waals surface area (Å²) in [7, 11) is -2.41. The van der Waals surface area contributed by atoms with Crippen LogP contribution in [-0.4, -0.2) is 47.1 Å². The maximum absolute atomic E-state index is 13.1. The molecule has 2 aromatic heterocycles. The van der Waals surface area contributed by atoms with Gasteiger partial charge in [0.15, 0.2) is 0 Å². The quantitative estimate of drug-likeness (QED) is 0.513. The zero-order chi connectivity index (χ0) is 22.3. The van der Waals surface area contributed by atoms with E-state index in [2.05, 4.69) is 16.9 Å². The Morgan fingerprint density at radius 3 is 2.06 bits per heavy atom. The number of aryl methyl sites for hydroxylation is 1. The van der Waals surface area contributed by atoms with E-state index in [-0.39, 0.29) is 17.3 Å². The number of sulfonamides is 1. The van der Waals surface area contributed by atoms with Crippen LogP contribution in [0, 0.1) is 0 Å². The van der Waals surface area contributed by atoms with Gasteiger partial charge in [-0.3, -0.25) is 14.8 Å². The molecule has 0 aliphatic rings. The molecule has 1 aromatic carbocycles. The molecule has 0 saturated heterocycles. The number of carbonyl (C=O) groups is 1. The highest BCUT2D eigenvalue weighted by Crippen LogP contribution is 2.15. The molecule has 8 heteroatoms. The Kier molecular flexibility index (Phi) is 7.49. The molecule has 0 aliphatic heterocycles. The van der Waals surface area contributed by atoms with Crippen LogP contribution in [0.15, 0.2) is 78.2 Å². The molecule has 31 heavy (non-hydrogen) atoms. The lowest BCUT2D eigenvalue weighted by atomic mass is 10.1. The number of nitrogens with zero attached hydrogens (tertiary/aromatic N) is 4. The van der Waals surface area contributed by atoms with Crippen molar-refractivity contribution in [1.29, 1.82) is 0 Å². The van der Waals surface area contributed by atoms with Gasteiger partial charge in [-0.05, 0) is 41.3 Å². The lowest BCUT2D eigenvalue weighted by Gasteiger charge is -2.26. The van der Waals surface area contributed by atoms with Crippen LogP contribution in [0.5, 0.6) is 0 Å². The van der Waals surface area contributed by atoms with Crippen molar-refractivity contribution in [3.63, 3.8) is 0 Å². The molecule has 2 heterocycles. The molecule has 162 valence electrons. The normalized spacial score (nSPS) is 11.5. The van der Waals surface area contributed by atoms with E-state index in [0.29, 0.717) is 13.1 Å². The number of hydrogen-bond acceptors (Lipinski definition) is 5. The average Bonchev–Trinajstić information content (AvgIpc) is 2.80. The summed E-state index contributed by atoms with van der Waals surface area (Å²) in [4.78, 5) is 22.8. The molecule has 0 aliphatic carbocycles. The minimum Gasteiger partial charge on any atom is -0.333 e. The molecule has 0 unspecified atom stereocenters. The van der Waals surface area contributed by atoms with Crippen LogP contribution in [-0.2, 0) is 34.3 Å². The van der Waals surface area contributed by atoms with Gasteiger partial charge in [-0.15, -0.1) is 0 Å². The molecule has 7 nitrogen and oxygen atoms in total. The zero-order valence-electron chi connectivity index (χ0n) is 17.7. The van der Waals surface area contributed by atoms with Gasteiger partial charge in [-0.1, -0.05) is 37.3 Å². The fourth-order valence-corrected chi connectivity index (χ4v) is 4.19. The van der Waals surface area contributed by atoms with E-state index in [1.165, 1.54) is 31.1 Å².